The molecule has 0 unspecified atom stereocenters. The van der Waals surface area contributed by atoms with Crippen LogP contribution < -0.4 is 14.7 Å². The fraction of sp³-hybridized carbons (Fsp3) is 0. The molecule has 0 rings (SSSR count). The van der Waals surface area contributed by atoms with Crippen LogP contribution in [0.15, 0.2) is 0 Å². The Morgan fingerprint density at radius 3 is 1.50 bits per heavy atom. The van der Waals surface area contributed by atoms with E-state index in [2.05, 4.69) is 8.37 Å². The van der Waals surface area contributed by atoms with E-state index in [1.54, 1.807) is 0 Å². The maximum absolute atomic E-state index is 8.48. The summed E-state index contributed by atoms with van der Waals surface area (Å²) in [4.78, 5) is 25.4. The van der Waals surface area contributed by atoms with Gasteiger partial charge in [-0.05, 0) is 0 Å². The predicted octanol–water partition coefficient (Wildman–Crippen LogP) is -2.16. The molecule has 0 aliphatic carbocycles. The molecule has 0 radical (unpaired) electrons. The molecule has 0 aliphatic rings. The van der Waals surface area contributed by atoms with E-state index in [0.717, 1.165) is 0 Å². The molecule has 0 N–H and O–H groups in total. The van der Waals surface area contributed by atoms with Crippen molar-refractivity contribution in [2.24, 2.45) is 0 Å². The van der Waals surface area contributed by atoms with Gasteiger partial charge in [0.25, 0.3) is 0 Å². The van der Waals surface area contributed by atoms with Gasteiger partial charge in [0.2, 0.25) is 0 Å². The molecule has 0 spiro atoms. The van der Waals surface area contributed by atoms with Gasteiger partial charge in [0.05, 0.1) is 0 Å². The summed E-state index contributed by atoms with van der Waals surface area (Å²) in [6.45, 7) is 0. The summed E-state index contributed by atoms with van der Waals surface area (Å²) in [5.74, 6) is 0. The van der Waals surface area contributed by atoms with E-state index in [-0.39, 0.29) is 22.4 Å². The molecule has 0 aromatic heterocycles. The molecule has 0 aromatic rings. The number of nitrogens with zero attached hydrogens (tertiary/aromatic N) is 2. The fourth-order valence-corrected chi connectivity index (χ4v) is 0.142. The molecule has 0 bridgehead atoms. The molecule has 0 saturated heterocycles. The van der Waals surface area contributed by atoms with Crippen LogP contribution in [0.4, 0.5) is 0 Å². The zero-order chi connectivity index (χ0) is 9.11. The van der Waals surface area contributed by atoms with E-state index in [1.807, 2.05) is 0 Å². The zero-order valence-electron chi connectivity index (χ0n) is 5.09. The first kappa shape index (κ1) is 17.9. The summed E-state index contributed by atoms with van der Waals surface area (Å²) in [7, 11) is -3.37. The van der Waals surface area contributed by atoms with E-state index >= 15 is 0 Å². The Bertz CT molecular complexity index is 140. The van der Waals surface area contributed by atoms with Crippen molar-refractivity contribution in [3.8, 4) is 12.5 Å². The molecule has 0 fully saturated rings. The second-order valence-electron chi connectivity index (χ2n) is 0.641. The normalized spacial score (nSPS) is 6.17. The first-order valence-electron chi connectivity index (χ1n) is 1.74. The van der Waals surface area contributed by atoms with Crippen LogP contribution in [0.5, 0.6) is 0 Å². The number of hydrogen-bond acceptors (Lipinski definition) is 8. The maximum Gasteiger partial charge on any atom is 3.00 e. The topological polar surface area (TPSA) is 135 Å². The summed E-state index contributed by atoms with van der Waals surface area (Å²) in [5, 5.41) is 15.2. The second-order valence-corrected chi connectivity index (χ2v) is 1.56. The first-order valence-corrected chi connectivity index (χ1v) is 3.50. The smallest absolute Gasteiger partial charge is 0.854 e. The molecule has 7 nitrogen and oxygen atoms in total. The molecule has 0 atom stereocenters. The zero-order valence-corrected chi connectivity index (χ0v) is 8.97. The van der Waals surface area contributed by atoms with Gasteiger partial charge in [-0.2, -0.15) is 0 Å². The Kier molecular flexibility index (Phi) is 25.6. The SMILES string of the molecule is N#COSOC#N.[Au+3].[O-]P([O-])[O-]. The van der Waals surface area contributed by atoms with Crippen molar-refractivity contribution in [2.45, 2.75) is 0 Å². The van der Waals surface area contributed by atoms with Gasteiger partial charge in [-0.15, -0.1) is 10.5 Å². The average molecular weight is 392 g/mol. The van der Waals surface area contributed by atoms with E-state index in [1.165, 1.54) is 12.5 Å². The maximum atomic E-state index is 8.48. The van der Waals surface area contributed by atoms with Crippen LogP contribution in [0, 0.1) is 23.0 Å². The molecule has 12 heavy (non-hydrogen) atoms. The molecule has 0 saturated carbocycles. The minimum atomic E-state index is -3.37. The Morgan fingerprint density at radius 2 is 1.33 bits per heavy atom. The summed E-state index contributed by atoms with van der Waals surface area (Å²) in [5.41, 5.74) is 0. The van der Waals surface area contributed by atoms with Crippen molar-refractivity contribution in [2.75, 3.05) is 0 Å². The van der Waals surface area contributed by atoms with Crippen molar-refractivity contribution in [1.29, 1.82) is 10.5 Å². The third-order valence-electron chi connectivity index (χ3n) is 0.143. The van der Waals surface area contributed by atoms with Gasteiger partial charge in [0.1, 0.15) is 0 Å². The van der Waals surface area contributed by atoms with Crippen LogP contribution in [0.25, 0.3) is 0 Å². The van der Waals surface area contributed by atoms with E-state index in [4.69, 9.17) is 25.2 Å². The summed E-state index contributed by atoms with van der Waals surface area (Å²) < 4.78 is 7.70. The van der Waals surface area contributed by atoms with E-state index in [0.29, 0.717) is 12.3 Å². The summed E-state index contributed by atoms with van der Waals surface area (Å²) >= 11 is 0.331. The molecule has 70 valence electrons. The van der Waals surface area contributed by atoms with Crippen molar-refractivity contribution in [3.05, 3.63) is 0 Å². The van der Waals surface area contributed by atoms with Gasteiger partial charge < -0.3 is 31.6 Å². The molecule has 0 heterocycles. The van der Waals surface area contributed by atoms with Gasteiger partial charge in [-0.25, -0.2) is 0 Å². The average Bonchev–Trinajstić information content (AvgIpc) is 1.88. The largest absolute Gasteiger partial charge is 3.00 e. The molecular formula is C2AuN2O5PS. The summed E-state index contributed by atoms with van der Waals surface area (Å²) in [6, 6.07) is 0. The second kappa shape index (κ2) is 17.2. The summed E-state index contributed by atoms with van der Waals surface area (Å²) in [6.07, 6.45) is 2.58. The monoisotopic (exact) mass is 392 g/mol. The van der Waals surface area contributed by atoms with E-state index < -0.39 is 8.60 Å². The van der Waals surface area contributed by atoms with Gasteiger partial charge in [-0.1, -0.05) is 0 Å². The fourth-order valence-electron chi connectivity index (χ4n) is 0.0474. The Labute approximate surface area is 89.4 Å². The van der Waals surface area contributed by atoms with Crippen molar-refractivity contribution < 1.29 is 45.4 Å². The van der Waals surface area contributed by atoms with Gasteiger partial charge in [0.15, 0.2) is 0 Å². The molecular weight excluding hydrogens is 392 g/mol. The standard InChI is InChI=1S/C2N2O2S.Au.O3P/c3-1-5-7-6-2-4;;1-4(2)3/q;+3;-3. The third kappa shape index (κ3) is 50.8. The molecule has 0 amide bonds. The van der Waals surface area contributed by atoms with Gasteiger partial charge >= 0.3 is 47.2 Å². The predicted molar refractivity (Wildman–Crippen MR) is 27.9 cm³/mol. The minimum Gasteiger partial charge on any atom is -0.854 e. The van der Waals surface area contributed by atoms with Crippen molar-refractivity contribution in [3.63, 3.8) is 0 Å². The Balaban J connectivity index is -0.000000142. The van der Waals surface area contributed by atoms with Gasteiger partial charge in [-0.3, -0.25) is 0 Å². The van der Waals surface area contributed by atoms with Crippen LogP contribution in [0.3, 0.4) is 0 Å². The first-order chi connectivity index (χ1) is 5.15. The molecule has 0 aromatic carbocycles. The number of hydrogen-bond donors (Lipinski definition) is 0. The van der Waals surface area contributed by atoms with Crippen LogP contribution in [0.2, 0.25) is 0 Å². The molecule has 10 heteroatoms. The van der Waals surface area contributed by atoms with Crippen molar-refractivity contribution >= 4 is 20.9 Å². The Morgan fingerprint density at radius 1 is 1.08 bits per heavy atom. The molecule has 0 aliphatic heterocycles. The van der Waals surface area contributed by atoms with Crippen LogP contribution in [-0.2, 0) is 30.7 Å². The van der Waals surface area contributed by atoms with Gasteiger partial charge in [0, 0.05) is 0 Å². The minimum absolute atomic E-state index is 0. The number of rotatable bonds is 2. The number of nitriles is 2. The Hall–Kier alpha value is -0.0197. The van der Waals surface area contributed by atoms with Crippen LogP contribution >= 0.6 is 20.9 Å². The van der Waals surface area contributed by atoms with Crippen LogP contribution in [-0.4, -0.2) is 0 Å². The van der Waals surface area contributed by atoms with Crippen LogP contribution in [0.1, 0.15) is 0 Å². The van der Waals surface area contributed by atoms with Crippen molar-refractivity contribution in [1.82, 2.24) is 0 Å². The van der Waals surface area contributed by atoms with E-state index in [9.17, 15) is 0 Å². The quantitative estimate of drug-likeness (QED) is 0.171. The third-order valence-corrected chi connectivity index (χ3v) is 0.428.